The van der Waals surface area contributed by atoms with Crippen LogP contribution >= 0.6 is 0 Å². The number of nitrogens with zero attached hydrogens (tertiary/aromatic N) is 2. The molecule has 2 heterocycles. The fourth-order valence-electron chi connectivity index (χ4n) is 10.6. The molecule has 0 aliphatic rings. The summed E-state index contributed by atoms with van der Waals surface area (Å²) in [6.07, 6.45) is 0. The summed E-state index contributed by atoms with van der Waals surface area (Å²) in [4.78, 5) is 2.42. The summed E-state index contributed by atoms with van der Waals surface area (Å²) in [5.74, 6) is 0. The Kier molecular flexibility index (Phi) is 7.69. The van der Waals surface area contributed by atoms with Crippen LogP contribution in [0.2, 0.25) is 0 Å². The van der Waals surface area contributed by atoms with E-state index in [4.69, 9.17) is 4.42 Å². The number of aromatic nitrogens is 1. The van der Waals surface area contributed by atoms with E-state index in [9.17, 15) is 0 Å². The summed E-state index contributed by atoms with van der Waals surface area (Å²) in [6, 6.07) is 84.2. The third-order valence-electron chi connectivity index (χ3n) is 13.7. The molecule has 0 spiro atoms. The molecule has 0 saturated carbocycles. The van der Waals surface area contributed by atoms with E-state index >= 15 is 0 Å². The smallest absolute Gasteiger partial charge is 0.159 e. The molecule has 0 saturated heterocycles. The molecule has 0 aliphatic carbocycles. The van der Waals surface area contributed by atoms with Crippen LogP contribution in [0.1, 0.15) is 0 Å². The molecule has 2 aromatic heterocycles. The normalized spacial score (nSPS) is 12.0. The van der Waals surface area contributed by atoms with Crippen LogP contribution < -0.4 is 4.90 Å². The number of furan rings is 1. The maximum Gasteiger partial charge on any atom is 0.159 e. The Labute approximate surface area is 374 Å². The van der Waals surface area contributed by atoms with Crippen LogP contribution in [-0.2, 0) is 0 Å². The van der Waals surface area contributed by atoms with Crippen molar-refractivity contribution in [2.45, 2.75) is 0 Å². The van der Waals surface area contributed by atoms with Crippen LogP contribution in [-0.4, -0.2) is 4.57 Å². The standard InChI is InChI=1S/C62H38N2O/c1-3-16-45-37-59-54(36-44(45)15-1)61-56(23-11-24-57(61)64(59)55-22-9-18-40-12-6-8-20-50(40)55)63(58-25-10-21-51-53-35-43-14-2-4-17-46(43)38-60(53)65-62(51)58)48-32-30-39(31-33-48)47-29-28-42-27-26-41-13-5-7-19-49(41)52(42)34-47/h1-38H. The number of fused-ring (bicyclic) bond motifs is 12. The molecule has 65 heavy (non-hydrogen) atoms. The molecular weight excluding hydrogens is 789 g/mol. The molecule has 3 heteroatoms. The number of rotatable bonds is 5. The summed E-state index contributed by atoms with van der Waals surface area (Å²) in [6.45, 7) is 0. The first-order chi connectivity index (χ1) is 32.2. The average Bonchev–Trinajstić information content (AvgIpc) is 3.90. The van der Waals surface area contributed by atoms with Gasteiger partial charge in [0.25, 0.3) is 0 Å². The lowest BCUT2D eigenvalue weighted by atomic mass is 9.97. The Balaban J connectivity index is 1.05. The Morgan fingerprint density at radius 3 is 1.66 bits per heavy atom. The first-order valence-electron chi connectivity index (χ1n) is 22.3. The summed E-state index contributed by atoms with van der Waals surface area (Å²) in [5, 5.41) is 16.8. The third kappa shape index (κ3) is 5.49. The van der Waals surface area contributed by atoms with Gasteiger partial charge in [-0.05, 0) is 126 Å². The van der Waals surface area contributed by atoms with Crippen molar-refractivity contribution in [3.63, 3.8) is 0 Å². The van der Waals surface area contributed by atoms with Gasteiger partial charge in [0.15, 0.2) is 5.58 Å². The van der Waals surface area contributed by atoms with E-state index in [2.05, 4.69) is 240 Å². The predicted octanol–water partition coefficient (Wildman–Crippen LogP) is 17.6. The maximum atomic E-state index is 7.02. The van der Waals surface area contributed by atoms with Gasteiger partial charge in [-0.1, -0.05) is 164 Å². The Hall–Kier alpha value is -8.66. The van der Waals surface area contributed by atoms with Crippen LogP contribution in [0.5, 0.6) is 0 Å². The van der Waals surface area contributed by atoms with E-state index in [1.165, 1.54) is 64.8 Å². The van der Waals surface area contributed by atoms with E-state index in [1.807, 2.05) is 0 Å². The fourth-order valence-corrected chi connectivity index (χ4v) is 10.6. The Morgan fingerprint density at radius 1 is 0.323 bits per heavy atom. The van der Waals surface area contributed by atoms with Crippen molar-refractivity contribution in [3.05, 3.63) is 231 Å². The lowest BCUT2D eigenvalue weighted by molar-refractivity contribution is 0.669. The summed E-state index contributed by atoms with van der Waals surface area (Å²) >= 11 is 0. The monoisotopic (exact) mass is 826 g/mol. The van der Waals surface area contributed by atoms with Crippen molar-refractivity contribution >= 4 is 115 Å². The highest BCUT2D eigenvalue weighted by molar-refractivity contribution is 6.21. The van der Waals surface area contributed by atoms with Gasteiger partial charge in [0, 0.05) is 32.6 Å². The quantitative estimate of drug-likeness (QED) is 0.161. The Morgan fingerprint density at radius 2 is 0.877 bits per heavy atom. The summed E-state index contributed by atoms with van der Waals surface area (Å²) < 4.78 is 9.49. The second-order valence-corrected chi connectivity index (χ2v) is 17.3. The first-order valence-corrected chi connectivity index (χ1v) is 22.3. The molecule has 0 fully saturated rings. The topological polar surface area (TPSA) is 21.3 Å². The zero-order chi connectivity index (χ0) is 42.6. The van der Waals surface area contributed by atoms with E-state index < -0.39 is 0 Å². The molecule has 0 radical (unpaired) electrons. The van der Waals surface area contributed by atoms with E-state index in [-0.39, 0.29) is 0 Å². The van der Waals surface area contributed by atoms with Crippen molar-refractivity contribution in [2.24, 2.45) is 0 Å². The van der Waals surface area contributed by atoms with Gasteiger partial charge in [0.1, 0.15) is 5.58 Å². The van der Waals surface area contributed by atoms with Crippen LogP contribution in [0.4, 0.5) is 17.1 Å². The van der Waals surface area contributed by atoms with Crippen molar-refractivity contribution in [3.8, 4) is 16.8 Å². The molecule has 3 nitrogen and oxygen atoms in total. The van der Waals surface area contributed by atoms with Crippen molar-refractivity contribution in [2.75, 3.05) is 4.90 Å². The van der Waals surface area contributed by atoms with Gasteiger partial charge in [-0.3, -0.25) is 0 Å². The van der Waals surface area contributed by atoms with Gasteiger partial charge in [0.05, 0.1) is 28.1 Å². The molecule has 302 valence electrons. The highest BCUT2D eigenvalue weighted by atomic mass is 16.3. The minimum atomic E-state index is 0.850. The third-order valence-corrected chi connectivity index (χ3v) is 13.7. The van der Waals surface area contributed by atoms with Crippen LogP contribution in [0.15, 0.2) is 235 Å². The van der Waals surface area contributed by atoms with Crippen molar-refractivity contribution in [1.29, 1.82) is 0 Å². The molecule has 0 aliphatic heterocycles. The number of hydrogen-bond donors (Lipinski definition) is 0. The fraction of sp³-hybridized carbons (Fsp3) is 0. The van der Waals surface area contributed by atoms with Crippen LogP contribution in [0, 0.1) is 0 Å². The molecule has 0 N–H and O–H groups in total. The van der Waals surface area contributed by atoms with Crippen molar-refractivity contribution < 1.29 is 4.42 Å². The van der Waals surface area contributed by atoms with E-state index in [1.54, 1.807) is 0 Å². The average molecular weight is 827 g/mol. The summed E-state index contributed by atoms with van der Waals surface area (Å²) in [5.41, 5.74) is 10.6. The van der Waals surface area contributed by atoms with E-state index in [0.717, 1.165) is 66.7 Å². The number of para-hydroxylation sites is 1. The zero-order valence-electron chi connectivity index (χ0n) is 35.2. The zero-order valence-corrected chi connectivity index (χ0v) is 35.2. The highest BCUT2D eigenvalue weighted by Gasteiger charge is 2.25. The van der Waals surface area contributed by atoms with Gasteiger partial charge in [-0.25, -0.2) is 0 Å². The molecule has 0 atom stereocenters. The van der Waals surface area contributed by atoms with Gasteiger partial charge in [0.2, 0.25) is 0 Å². The molecular formula is C62H38N2O. The van der Waals surface area contributed by atoms with Crippen LogP contribution in [0.25, 0.3) is 114 Å². The second-order valence-electron chi connectivity index (χ2n) is 17.3. The first kappa shape index (κ1) is 35.9. The minimum absolute atomic E-state index is 0.850. The lowest BCUT2D eigenvalue weighted by Crippen LogP contribution is -2.10. The van der Waals surface area contributed by atoms with Gasteiger partial charge in [-0.2, -0.15) is 0 Å². The van der Waals surface area contributed by atoms with Gasteiger partial charge >= 0.3 is 0 Å². The molecule has 14 rings (SSSR count). The second kappa shape index (κ2) is 13.9. The Bertz CT molecular complexity index is 4240. The largest absolute Gasteiger partial charge is 0.454 e. The van der Waals surface area contributed by atoms with Crippen LogP contribution in [0.3, 0.4) is 0 Å². The van der Waals surface area contributed by atoms with Gasteiger partial charge < -0.3 is 13.9 Å². The predicted molar refractivity (Wildman–Crippen MR) is 276 cm³/mol. The molecule has 14 aromatic rings. The minimum Gasteiger partial charge on any atom is -0.454 e. The SMILES string of the molecule is c1ccc2cc3c(cc2c1)oc1c(N(c2ccc(-c4ccc5ccc6ccccc6c5c4)cc2)c2cccc4c2c2cc5ccccc5cc2n4-c2cccc4ccccc24)cccc13. The van der Waals surface area contributed by atoms with Crippen molar-refractivity contribution in [1.82, 2.24) is 4.57 Å². The highest BCUT2D eigenvalue weighted by Crippen LogP contribution is 2.48. The van der Waals surface area contributed by atoms with Gasteiger partial charge in [-0.15, -0.1) is 0 Å². The molecule has 0 bridgehead atoms. The molecule has 0 amide bonds. The van der Waals surface area contributed by atoms with E-state index in [0.29, 0.717) is 0 Å². The number of hydrogen-bond acceptors (Lipinski definition) is 2. The lowest BCUT2D eigenvalue weighted by Gasteiger charge is -2.27. The number of benzene rings is 12. The number of anilines is 3. The maximum absolute atomic E-state index is 7.02. The molecule has 12 aromatic carbocycles. The molecule has 0 unspecified atom stereocenters. The summed E-state index contributed by atoms with van der Waals surface area (Å²) in [7, 11) is 0.